The first-order valence-corrected chi connectivity index (χ1v) is 8.03. The van der Waals surface area contributed by atoms with Gasteiger partial charge >= 0.3 is 0 Å². The van der Waals surface area contributed by atoms with Crippen molar-refractivity contribution in [3.05, 3.63) is 20.8 Å². The maximum atomic E-state index is 3.63. The maximum Gasteiger partial charge on any atom is 0.0701 e. The Bertz CT molecular complexity index is 349. The summed E-state index contributed by atoms with van der Waals surface area (Å²) in [7, 11) is 2.23. The van der Waals surface area contributed by atoms with Crippen LogP contribution in [0.4, 0.5) is 0 Å². The molecule has 1 fully saturated rings. The molecule has 1 aliphatic carbocycles. The quantitative estimate of drug-likeness (QED) is 0.828. The van der Waals surface area contributed by atoms with E-state index in [9.17, 15) is 0 Å². The Morgan fingerprint density at radius 2 is 2.35 bits per heavy atom. The number of thiophene rings is 1. The molecule has 1 saturated carbocycles. The van der Waals surface area contributed by atoms with Crippen LogP contribution in [-0.4, -0.2) is 30.6 Å². The molecular formula is C13H21BrN2S. The van der Waals surface area contributed by atoms with Crippen LogP contribution in [0.1, 0.15) is 31.7 Å². The van der Waals surface area contributed by atoms with Gasteiger partial charge < -0.3 is 5.32 Å². The highest BCUT2D eigenvalue weighted by molar-refractivity contribution is 9.11. The second kappa shape index (κ2) is 6.32. The molecule has 1 aromatic rings. The molecule has 0 bridgehead atoms. The summed E-state index contributed by atoms with van der Waals surface area (Å²) in [5, 5.41) is 5.87. The van der Waals surface area contributed by atoms with Crippen molar-refractivity contribution in [3.8, 4) is 0 Å². The lowest BCUT2D eigenvalue weighted by molar-refractivity contribution is 0.221. The second-order valence-corrected chi connectivity index (χ2v) is 7.21. The minimum absolute atomic E-state index is 0.647. The summed E-state index contributed by atoms with van der Waals surface area (Å²) in [5.41, 5.74) is 1.41. The predicted molar refractivity (Wildman–Crippen MR) is 78.6 cm³/mol. The average molecular weight is 317 g/mol. The zero-order valence-electron chi connectivity index (χ0n) is 10.6. The summed E-state index contributed by atoms with van der Waals surface area (Å²) < 4.78 is 1.23. The zero-order valence-corrected chi connectivity index (χ0v) is 13.0. The van der Waals surface area contributed by atoms with E-state index >= 15 is 0 Å². The highest BCUT2D eigenvalue weighted by atomic mass is 79.9. The van der Waals surface area contributed by atoms with Gasteiger partial charge in [0.25, 0.3) is 0 Å². The van der Waals surface area contributed by atoms with Crippen LogP contribution in [0.5, 0.6) is 0 Å². The molecule has 0 spiro atoms. The van der Waals surface area contributed by atoms with Gasteiger partial charge in [0.05, 0.1) is 3.79 Å². The van der Waals surface area contributed by atoms with Crippen molar-refractivity contribution in [2.24, 2.45) is 0 Å². The zero-order chi connectivity index (χ0) is 12.3. The number of hydrogen-bond acceptors (Lipinski definition) is 3. The van der Waals surface area contributed by atoms with Gasteiger partial charge in [-0.1, -0.05) is 6.92 Å². The molecular weight excluding hydrogens is 296 g/mol. The van der Waals surface area contributed by atoms with Crippen LogP contribution in [0, 0.1) is 0 Å². The van der Waals surface area contributed by atoms with Crippen molar-refractivity contribution >= 4 is 27.3 Å². The Labute approximate surface area is 117 Å². The molecule has 2 nitrogen and oxygen atoms in total. The van der Waals surface area contributed by atoms with Crippen LogP contribution in [0.15, 0.2) is 15.2 Å². The van der Waals surface area contributed by atoms with E-state index in [0.29, 0.717) is 6.04 Å². The van der Waals surface area contributed by atoms with Crippen molar-refractivity contribution in [3.63, 3.8) is 0 Å². The summed E-state index contributed by atoms with van der Waals surface area (Å²) >= 11 is 5.29. The summed E-state index contributed by atoms with van der Waals surface area (Å²) in [6.07, 6.45) is 3.96. The van der Waals surface area contributed by atoms with Crippen molar-refractivity contribution in [1.29, 1.82) is 0 Å². The van der Waals surface area contributed by atoms with Gasteiger partial charge in [-0.25, -0.2) is 0 Å². The summed E-state index contributed by atoms with van der Waals surface area (Å²) in [6.45, 7) is 4.45. The monoisotopic (exact) mass is 316 g/mol. The first kappa shape index (κ1) is 13.5. The van der Waals surface area contributed by atoms with Gasteiger partial charge in [0.15, 0.2) is 0 Å². The maximum absolute atomic E-state index is 3.63. The lowest BCUT2D eigenvalue weighted by atomic mass is 10.2. The topological polar surface area (TPSA) is 15.3 Å². The Hall–Kier alpha value is 0.100. The number of hydrogen-bond donors (Lipinski definition) is 1. The summed E-state index contributed by atoms with van der Waals surface area (Å²) in [6, 6.07) is 3.68. The SMILES string of the molecule is CCC(CNC1CC1)N(C)Cc1csc(Br)c1. The smallest absolute Gasteiger partial charge is 0.0701 e. The molecule has 1 unspecified atom stereocenters. The van der Waals surface area contributed by atoms with Crippen molar-refractivity contribution in [2.45, 2.75) is 44.8 Å². The molecule has 0 aromatic carbocycles. The fraction of sp³-hybridized carbons (Fsp3) is 0.692. The Morgan fingerprint density at radius 1 is 1.59 bits per heavy atom. The molecule has 1 N–H and O–H groups in total. The average Bonchev–Trinajstić information content (AvgIpc) is 3.03. The Morgan fingerprint density at radius 3 is 2.88 bits per heavy atom. The van der Waals surface area contributed by atoms with E-state index in [1.54, 1.807) is 11.3 Å². The number of halogens is 1. The standard InChI is InChI=1S/C13H21BrN2S/c1-3-12(7-15-11-4-5-11)16(2)8-10-6-13(14)17-9-10/h6,9,11-12,15H,3-5,7-8H2,1-2H3. The predicted octanol–water partition coefficient (Wildman–Crippen LogP) is 3.47. The molecule has 0 aliphatic heterocycles. The molecule has 0 amide bonds. The molecule has 1 aromatic heterocycles. The number of rotatable bonds is 7. The first-order chi connectivity index (χ1) is 8.19. The van der Waals surface area contributed by atoms with E-state index in [-0.39, 0.29) is 0 Å². The Balaban J connectivity index is 1.80. The van der Waals surface area contributed by atoms with Gasteiger partial charge in [0.1, 0.15) is 0 Å². The van der Waals surface area contributed by atoms with Gasteiger partial charge in [-0.15, -0.1) is 11.3 Å². The van der Waals surface area contributed by atoms with E-state index in [1.165, 1.54) is 28.6 Å². The minimum atomic E-state index is 0.647. The van der Waals surface area contributed by atoms with Crippen molar-refractivity contribution < 1.29 is 0 Å². The molecule has 0 saturated heterocycles. The van der Waals surface area contributed by atoms with Gasteiger partial charge in [-0.3, -0.25) is 4.90 Å². The van der Waals surface area contributed by atoms with Crippen LogP contribution in [0.25, 0.3) is 0 Å². The van der Waals surface area contributed by atoms with E-state index in [4.69, 9.17) is 0 Å². The lowest BCUT2D eigenvalue weighted by Crippen LogP contribution is -2.39. The van der Waals surface area contributed by atoms with Crippen LogP contribution in [0.2, 0.25) is 0 Å². The summed E-state index contributed by atoms with van der Waals surface area (Å²) in [5.74, 6) is 0. The Kier molecular flexibility index (Phi) is 5.03. The molecule has 0 radical (unpaired) electrons. The van der Waals surface area contributed by atoms with Crippen LogP contribution in [0.3, 0.4) is 0 Å². The van der Waals surface area contributed by atoms with E-state index in [0.717, 1.165) is 19.1 Å². The van der Waals surface area contributed by atoms with Crippen molar-refractivity contribution in [1.82, 2.24) is 10.2 Å². The van der Waals surface area contributed by atoms with Crippen LogP contribution in [-0.2, 0) is 6.54 Å². The van der Waals surface area contributed by atoms with Gasteiger partial charge in [0, 0.05) is 25.2 Å². The molecule has 2 rings (SSSR count). The van der Waals surface area contributed by atoms with Crippen LogP contribution >= 0.6 is 27.3 Å². The molecule has 4 heteroatoms. The summed E-state index contributed by atoms with van der Waals surface area (Å²) in [4.78, 5) is 2.46. The molecule has 96 valence electrons. The van der Waals surface area contributed by atoms with E-state index in [1.807, 2.05) is 0 Å². The lowest BCUT2D eigenvalue weighted by Gasteiger charge is -2.27. The van der Waals surface area contributed by atoms with E-state index in [2.05, 4.69) is 51.6 Å². The fourth-order valence-electron chi connectivity index (χ4n) is 2.05. The van der Waals surface area contributed by atoms with Crippen molar-refractivity contribution in [2.75, 3.05) is 13.6 Å². The third-order valence-corrected chi connectivity index (χ3v) is 4.92. The molecule has 1 atom stereocenters. The largest absolute Gasteiger partial charge is 0.312 e. The third-order valence-electron chi connectivity index (χ3n) is 3.37. The second-order valence-electron chi connectivity index (χ2n) is 4.92. The number of nitrogens with zero attached hydrogens (tertiary/aromatic N) is 1. The number of likely N-dealkylation sites (N-methyl/N-ethyl adjacent to an activating group) is 1. The number of nitrogens with one attached hydrogen (secondary N) is 1. The normalized spacial score (nSPS) is 17.6. The van der Waals surface area contributed by atoms with Gasteiger partial charge in [0.2, 0.25) is 0 Å². The van der Waals surface area contributed by atoms with Crippen LogP contribution < -0.4 is 5.32 Å². The molecule has 1 aliphatic rings. The first-order valence-electron chi connectivity index (χ1n) is 6.35. The van der Waals surface area contributed by atoms with Gasteiger partial charge in [-0.2, -0.15) is 0 Å². The third kappa shape index (κ3) is 4.36. The molecule has 17 heavy (non-hydrogen) atoms. The van der Waals surface area contributed by atoms with Gasteiger partial charge in [-0.05, 0) is 59.2 Å². The molecule has 1 heterocycles. The fourth-order valence-corrected chi connectivity index (χ4v) is 3.25. The van der Waals surface area contributed by atoms with E-state index < -0.39 is 0 Å². The highest BCUT2D eigenvalue weighted by Gasteiger charge is 2.22. The highest BCUT2D eigenvalue weighted by Crippen LogP contribution is 2.22. The minimum Gasteiger partial charge on any atom is -0.312 e.